The van der Waals surface area contributed by atoms with Gasteiger partial charge in [0.15, 0.2) is 0 Å². The molecular formula is C22H32N4O. The van der Waals surface area contributed by atoms with E-state index in [1.54, 1.807) is 0 Å². The smallest absolute Gasteiger partial charge is 0.227 e. The number of rotatable bonds is 4. The third kappa shape index (κ3) is 4.18. The van der Waals surface area contributed by atoms with Gasteiger partial charge in [0.05, 0.1) is 17.6 Å². The maximum Gasteiger partial charge on any atom is 0.227 e. The number of anilines is 1. The number of carbonyl (C=O) groups is 1. The van der Waals surface area contributed by atoms with Crippen molar-refractivity contribution in [1.82, 2.24) is 14.5 Å². The number of hydrogen-bond donors (Lipinski definition) is 1. The normalized spacial score (nSPS) is 20.2. The minimum atomic E-state index is 0.174. The molecule has 1 amide bonds. The fraction of sp³-hybridized carbons (Fsp3) is 0.636. The second-order valence-corrected chi connectivity index (χ2v) is 8.57. The van der Waals surface area contributed by atoms with Gasteiger partial charge in [-0.15, -0.1) is 0 Å². The number of aromatic nitrogens is 2. The molecule has 1 aliphatic heterocycles. The van der Waals surface area contributed by atoms with E-state index in [0.29, 0.717) is 0 Å². The second kappa shape index (κ2) is 8.01. The van der Waals surface area contributed by atoms with E-state index in [1.165, 1.54) is 32.1 Å². The van der Waals surface area contributed by atoms with Crippen LogP contribution in [0.2, 0.25) is 0 Å². The molecule has 0 bridgehead atoms. The molecule has 2 fully saturated rings. The van der Waals surface area contributed by atoms with E-state index >= 15 is 0 Å². The van der Waals surface area contributed by atoms with Crippen molar-refractivity contribution in [1.29, 1.82) is 0 Å². The molecule has 1 aromatic carbocycles. The maximum absolute atomic E-state index is 12.5. The van der Waals surface area contributed by atoms with Gasteiger partial charge in [-0.3, -0.25) is 9.69 Å². The third-order valence-corrected chi connectivity index (χ3v) is 6.46. The summed E-state index contributed by atoms with van der Waals surface area (Å²) in [6.07, 6.45) is 8.23. The molecule has 1 saturated carbocycles. The van der Waals surface area contributed by atoms with Crippen LogP contribution in [-0.2, 0) is 18.4 Å². The third-order valence-electron chi connectivity index (χ3n) is 6.46. The topological polar surface area (TPSA) is 50.2 Å². The predicted molar refractivity (Wildman–Crippen MR) is 110 cm³/mol. The van der Waals surface area contributed by atoms with E-state index in [-0.39, 0.29) is 11.8 Å². The summed E-state index contributed by atoms with van der Waals surface area (Å²) in [5.74, 6) is 2.30. The summed E-state index contributed by atoms with van der Waals surface area (Å²) in [6.45, 7) is 5.57. The molecule has 5 nitrogen and oxygen atoms in total. The highest BCUT2D eigenvalue weighted by Gasteiger charge is 2.22. The van der Waals surface area contributed by atoms with Crippen LogP contribution < -0.4 is 5.32 Å². The van der Waals surface area contributed by atoms with Gasteiger partial charge >= 0.3 is 0 Å². The lowest BCUT2D eigenvalue weighted by molar-refractivity contribution is -0.120. The highest BCUT2D eigenvalue weighted by molar-refractivity contribution is 5.94. The van der Waals surface area contributed by atoms with Gasteiger partial charge in [0, 0.05) is 18.7 Å². The number of carbonyl (C=O) groups excluding carboxylic acids is 1. The molecule has 0 unspecified atom stereocenters. The number of hydrogen-bond acceptors (Lipinski definition) is 3. The number of nitrogens with one attached hydrogen (secondary N) is 1. The number of likely N-dealkylation sites (tertiary alicyclic amines) is 1. The number of nitrogens with zero attached hydrogens (tertiary/aromatic N) is 3. The Morgan fingerprint density at radius 1 is 1.15 bits per heavy atom. The van der Waals surface area contributed by atoms with Gasteiger partial charge in [-0.1, -0.05) is 26.2 Å². The van der Waals surface area contributed by atoms with Crippen LogP contribution in [0.4, 0.5) is 5.69 Å². The summed E-state index contributed by atoms with van der Waals surface area (Å²) < 4.78 is 2.19. The standard InChI is InChI=1S/C22H32N4O/c1-16-10-12-26(13-11-16)15-21-24-19-14-18(8-9-20(19)25(21)2)23-22(27)17-6-4-3-5-7-17/h8-9,14,16-17H,3-7,10-13,15H2,1-2H3,(H,23,27). The van der Waals surface area contributed by atoms with Crippen molar-refractivity contribution < 1.29 is 4.79 Å². The van der Waals surface area contributed by atoms with Gasteiger partial charge in [-0.2, -0.15) is 0 Å². The van der Waals surface area contributed by atoms with E-state index in [1.807, 2.05) is 12.1 Å². The van der Waals surface area contributed by atoms with Crippen molar-refractivity contribution in [3.05, 3.63) is 24.0 Å². The number of piperidine rings is 1. The molecule has 27 heavy (non-hydrogen) atoms. The molecule has 0 spiro atoms. The molecule has 2 aliphatic rings. The van der Waals surface area contributed by atoms with Crippen LogP contribution >= 0.6 is 0 Å². The first kappa shape index (κ1) is 18.5. The van der Waals surface area contributed by atoms with Crippen molar-refractivity contribution in [2.24, 2.45) is 18.9 Å². The maximum atomic E-state index is 12.5. The van der Waals surface area contributed by atoms with Gasteiger partial charge in [0.2, 0.25) is 5.91 Å². The fourth-order valence-electron chi connectivity index (χ4n) is 4.50. The molecular weight excluding hydrogens is 336 g/mol. The predicted octanol–water partition coefficient (Wildman–Crippen LogP) is 4.32. The van der Waals surface area contributed by atoms with Gasteiger partial charge < -0.3 is 9.88 Å². The van der Waals surface area contributed by atoms with E-state index in [0.717, 1.165) is 60.9 Å². The molecule has 2 heterocycles. The van der Waals surface area contributed by atoms with E-state index < -0.39 is 0 Å². The zero-order valence-electron chi connectivity index (χ0n) is 16.7. The molecule has 1 aromatic heterocycles. The van der Waals surface area contributed by atoms with Crippen molar-refractivity contribution >= 4 is 22.6 Å². The van der Waals surface area contributed by atoms with Gasteiger partial charge in [-0.25, -0.2) is 4.98 Å². The number of imidazole rings is 1. The minimum Gasteiger partial charge on any atom is -0.330 e. The van der Waals surface area contributed by atoms with E-state index in [9.17, 15) is 4.79 Å². The zero-order chi connectivity index (χ0) is 18.8. The first-order valence-electron chi connectivity index (χ1n) is 10.6. The summed E-state index contributed by atoms with van der Waals surface area (Å²) in [6, 6.07) is 6.12. The lowest BCUT2D eigenvalue weighted by Gasteiger charge is -2.29. The van der Waals surface area contributed by atoms with E-state index in [2.05, 4.69) is 34.8 Å². The number of amides is 1. The van der Waals surface area contributed by atoms with Gasteiger partial charge in [0.25, 0.3) is 0 Å². The molecule has 1 N–H and O–H groups in total. The summed E-state index contributed by atoms with van der Waals surface area (Å²) in [7, 11) is 2.09. The fourth-order valence-corrected chi connectivity index (χ4v) is 4.50. The monoisotopic (exact) mass is 368 g/mol. The summed E-state index contributed by atoms with van der Waals surface area (Å²) in [5, 5.41) is 3.12. The Morgan fingerprint density at radius 2 is 1.89 bits per heavy atom. The molecule has 1 saturated heterocycles. The highest BCUT2D eigenvalue weighted by Crippen LogP contribution is 2.26. The summed E-state index contributed by atoms with van der Waals surface area (Å²) >= 11 is 0. The van der Waals surface area contributed by atoms with Crippen molar-refractivity contribution in [2.75, 3.05) is 18.4 Å². The van der Waals surface area contributed by atoms with Crippen LogP contribution in [0.3, 0.4) is 0 Å². The van der Waals surface area contributed by atoms with Gasteiger partial charge in [-0.05, 0) is 62.9 Å². The van der Waals surface area contributed by atoms with Crippen LogP contribution in [0, 0.1) is 11.8 Å². The molecule has 2 aromatic rings. The average molecular weight is 369 g/mol. The average Bonchev–Trinajstić information content (AvgIpc) is 2.99. The summed E-state index contributed by atoms with van der Waals surface area (Å²) in [5.41, 5.74) is 2.97. The number of benzene rings is 1. The highest BCUT2D eigenvalue weighted by atomic mass is 16.1. The SMILES string of the molecule is CC1CCN(Cc2nc3cc(NC(=O)C4CCCCC4)ccc3n2C)CC1. The van der Waals surface area contributed by atoms with E-state index in [4.69, 9.17) is 4.98 Å². The quantitative estimate of drug-likeness (QED) is 0.874. The van der Waals surface area contributed by atoms with Crippen LogP contribution in [0.25, 0.3) is 11.0 Å². The first-order chi connectivity index (χ1) is 13.1. The second-order valence-electron chi connectivity index (χ2n) is 8.57. The Morgan fingerprint density at radius 3 is 2.63 bits per heavy atom. The largest absolute Gasteiger partial charge is 0.330 e. The lowest BCUT2D eigenvalue weighted by Crippen LogP contribution is -2.33. The van der Waals surface area contributed by atoms with Crippen LogP contribution in [-0.4, -0.2) is 33.4 Å². The number of aryl methyl sites for hydroxylation is 1. The number of fused-ring (bicyclic) bond motifs is 1. The van der Waals surface area contributed by atoms with Crippen LogP contribution in [0.1, 0.15) is 57.7 Å². The Bertz CT molecular complexity index is 798. The molecule has 5 heteroatoms. The van der Waals surface area contributed by atoms with Crippen molar-refractivity contribution in [3.8, 4) is 0 Å². The Balaban J connectivity index is 1.46. The Labute approximate surface area is 162 Å². The lowest BCUT2D eigenvalue weighted by atomic mass is 9.88. The van der Waals surface area contributed by atoms with Crippen LogP contribution in [0.5, 0.6) is 0 Å². The molecule has 4 rings (SSSR count). The zero-order valence-corrected chi connectivity index (χ0v) is 16.7. The first-order valence-corrected chi connectivity index (χ1v) is 10.6. The molecule has 146 valence electrons. The molecule has 0 atom stereocenters. The Hall–Kier alpha value is -1.88. The molecule has 0 radical (unpaired) electrons. The minimum absolute atomic E-state index is 0.174. The Kier molecular flexibility index (Phi) is 5.48. The van der Waals surface area contributed by atoms with Crippen LogP contribution in [0.15, 0.2) is 18.2 Å². The summed E-state index contributed by atoms with van der Waals surface area (Å²) in [4.78, 5) is 19.9. The molecule has 1 aliphatic carbocycles. The van der Waals surface area contributed by atoms with Crippen molar-refractivity contribution in [2.45, 2.75) is 58.4 Å². The van der Waals surface area contributed by atoms with Crippen molar-refractivity contribution in [3.63, 3.8) is 0 Å². The van der Waals surface area contributed by atoms with Gasteiger partial charge in [0.1, 0.15) is 5.82 Å².